The van der Waals surface area contributed by atoms with Gasteiger partial charge in [0.05, 0.1) is 11.5 Å². The van der Waals surface area contributed by atoms with E-state index in [0.717, 1.165) is 0 Å². The molecule has 0 radical (unpaired) electrons. The predicted octanol–water partition coefficient (Wildman–Crippen LogP) is 0.0835. The molecule has 8 N–H and O–H groups in total. The Morgan fingerprint density at radius 3 is 2.44 bits per heavy atom. The normalized spacial score (nSPS) is 27.7. The highest BCUT2D eigenvalue weighted by Crippen LogP contribution is 2.53. The molecule has 11 nitrogen and oxygen atoms in total. The lowest BCUT2D eigenvalue weighted by molar-refractivity contribution is -0.184. The number of hydrogen-bond acceptors (Lipinski definition) is 10. The fourth-order valence-corrected chi connectivity index (χ4v) is 5.29. The van der Waals surface area contributed by atoms with Gasteiger partial charge in [-0.2, -0.15) is 0 Å². The van der Waals surface area contributed by atoms with E-state index in [2.05, 4.69) is 5.16 Å². The third kappa shape index (κ3) is 2.71. The van der Waals surface area contributed by atoms with Crippen LogP contribution in [0.2, 0.25) is 0 Å². The lowest BCUT2D eigenvalue weighted by atomic mass is 9.60. The van der Waals surface area contributed by atoms with Gasteiger partial charge in [-0.05, 0) is 36.5 Å². The van der Waals surface area contributed by atoms with Crippen molar-refractivity contribution in [1.29, 1.82) is 0 Å². The molecule has 0 bridgehead atoms. The summed E-state index contributed by atoms with van der Waals surface area (Å²) in [6.45, 7) is 0. The number of nitrogens with zero attached hydrogens (tertiary/aromatic N) is 2. The molecular formula is C21H23N3O8. The zero-order chi connectivity index (χ0) is 23.7. The smallest absolute Gasteiger partial charge is 0.253 e. The van der Waals surface area contributed by atoms with E-state index in [9.17, 15) is 40.3 Å². The van der Waals surface area contributed by atoms with Crippen LogP contribution in [0, 0.1) is 17.8 Å². The van der Waals surface area contributed by atoms with Crippen LogP contribution in [0.3, 0.4) is 0 Å². The van der Waals surface area contributed by atoms with Crippen LogP contribution in [-0.2, 0) is 11.2 Å². The van der Waals surface area contributed by atoms with Gasteiger partial charge >= 0.3 is 0 Å². The number of phenolic OH excluding ortho intramolecular Hbond substituents is 1. The maximum atomic E-state index is 13.4. The van der Waals surface area contributed by atoms with Crippen LogP contribution < -0.4 is 10.6 Å². The molecule has 3 atom stereocenters. The van der Waals surface area contributed by atoms with Gasteiger partial charge in [-0.1, -0.05) is 5.16 Å². The van der Waals surface area contributed by atoms with E-state index in [1.165, 1.54) is 6.07 Å². The summed E-state index contributed by atoms with van der Waals surface area (Å²) >= 11 is 0. The van der Waals surface area contributed by atoms with Crippen molar-refractivity contribution in [3.63, 3.8) is 0 Å². The lowest BCUT2D eigenvalue weighted by Gasteiger charge is -2.46. The van der Waals surface area contributed by atoms with Gasteiger partial charge in [0.25, 0.3) is 5.91 Å². The number of anilines is 1. The summed E-state index contributed by atoms with van der Waals surface area (Å²) in [5.41, 5.74) is 4.77. The number of aliphatic hydroxyl groups is 4. The van der Waals surface area contributed by atoms with Gasteiger partial charge in [0.1, 0.15) is 22.8 Å². The fourth-order valence-electron chi connectivity index (χ4n) is 5.29. The van der Waals surface area contributed by atoms with Gasteiger partial charge in [0, 0.05) is 31.3 Å². The Hall–Kier alpha value is -3.57. The zero-order valence-electron chi connectivity index (χ0n) is 17.3. The number of Topliss-reactive ketones (excluding diaryl/α,β-unsaturated/α-hetero) is 1. The molecule has 11 heteroatoms. The average Bonchev–Trinajstić information content (AvgIpc) is 2.66. The largest absolute Gasteiger partial charge is 0.511 e. The monoisotopic (exact) mass is 445 g/mol. The van der Waals surface area contributed by atoms with Crippen LogP contribution in [0.25, 0.3) is 0 Å². The third-order valence-electron chi connectivity index (χ3n) is 6.58. The first-order valence-electron chi connectivity index (χ1n) is 9.83. The quantitative estimate of drug-likeness (QED) is 0.187. The zero-order valence-corrected chi connectivity index (χ0v) is 17.3. The second kappa shape index (κ2) is 6.97. The Morgan fingerprint density at radius 2 is 1.88 bits per heavy atom. The highest BCUT2D eigenvalue weighted by Gasteiger charge is 2.59. The lowest BCUT2D eigenvalue weighted by Crippen LogP contribution is -2.57. The number of rotatable bonds is 2. The number of carbonyl (C=O) groups is 2. The van der Waals surface area contributed by atoms with Crippen LogP contribution in [-0.4, -0.2) is 68.0 Å². The minimum absolute atomic E-state index is 0.00528. The van der Waals surface area contributed by atoms with Crippen molar-refractivity contribution >= 4 is 23.1 Å². The van der Waals surface area contributed by atoms with Gasteiger partial charge in [0.2, 0.25) is 5.79 Å². The highest BCUT2D eigenvalue weighted by molar-refractivity contribution is 6.15. The average molecular weight is 445 g/mol. The molecule has 0 saturated heterocycles. The minimum atomic E-state index is -3.13. The maximum Gasteiger partial charge on any atom is 0.253 e. The van der Waals surface area contributed by atoms with Crippen molar-refractivity contribution < 1.29 is 40.3 Å². The molecule has 1 aromatic carbocycles. The summed E-state index contributed by atoms with van der Waals surface area (Å²) in [7, 11) is 3.54. The molecule has 0 heterocycles. The molecule has 3 aliphatic rings. The fraction of sp³-hybridized carbons (Fsp3) is 0.381. The number of oxime groups is 1. The molecule has 32 heavy (non-hydrogen) atoms. The van der Waals surface area contributed by atoms with E-state index in [-0.39, 0.29) is 29.7 Å². The standard InChI is InChI=1S/C21H23N3O8/c1-24(2)10-3-4-11(25)13-8(10)5-7-6-9-14(18(27)12(7)17(13)26)21(30,31)15(20(22)29)19(28)16(9)23-32/h3-4,7,9,14,25,27-28,30-32H,5-6H2,1-2H3,(H2,22,29)/b23-16+. The van der Waals surface area contributed by atoms with Crippen molar-refractivity contribution in [2.75, 3.05) is 19.0 Å². The van der Waals surface area contributed by atoms with E-state index in [1.807, 2.05) is 0 Å². The maximum absolute atomic E-state index is 13.4. The molecule has 0 saturated carbocycles. The summed E-state index contributed by atoms with van der Waals surface area (Å²) in [5, 5.41) is 65.8. The first-order valence-corrected chi connectivity index (χ1v) is 9.83. The highest BCUT2D eigenvalue weighted by atomic mass is 16.5. The Bertz CT molecular complexity index is 1150. The Morgan fingerprint density at radius 1 is 1.22 bits per heavy atom. The summed E-state index contributed by atoms with van der Waals surface area (Å²) in [6.07, 6.45) is 0.192. The molecule has 170 valence electrons. The number of carbonyl (C=O) groups excluding carboxylic acids is 2. The molecule has 1 aromatic rings. The van der Waals surface area contributed by atoms with Crippen LogP contribution in [0.1, 0.15) is 22.3 Å². The topological polar surface area (TPSA) is 197 Å². The number of benzene rings is 1. The van der Waals surface area contributed by atoms with Crippen LogP contribution in [0.5, 0.6) is 5.75 Å². The number of primary amides is 1. The number of amides is 1. The molecule has 0 aromatic heterocycles. The number of nitrogens with two attached hydrogens (primary N) is 1. The van der Waals surface area contributed by atoms with E-state index >= 15 is 0 Å². The Balaban J connectivity index is 1.96. The first-order chi connectivity index (χ1) is 14.9. The SMILES string of the molecule is CN(C)c1ccc(O)c2c1CC1CC3/C(=N\O)C(O)=C(C(N)=O)C(O)(O)C3C(O)=C1C2=O. The van der Waals surface area contributed by atoms with E-state index in [0.29, 0.717) is 11.3 Å². The van der Waals surface area contributed by atoms with Crippen LogP contribution in [0.4, 0.5) is 5.69 Å². The third-order valence-corrected chi connectivity index (χ3v) is 6.58. The van der Waals surface area contributed by atoms with Gasteiger partial charge in [-0.15, -0.1) is 0 Å². The Labute approximate surface area is 182 Å². The van der Waals surface area contributed by atoms with Crippen molar-refractivity contribution in [2.45, 2.75) is 18.6 Å². The number of phenols is 1. The molecule has 0 aliphatic heterocycles. The summed E-state index contributed by atoms with van der Waals surface area (Å²) in [5.74, 6) is -10.7. The van der Waals surface area contributed by atoms with Gasteiger partial charge < -0.3 is 41.4 Å². The molecule has 1 amide bonds. The number of aliphatic hydroxyl groups excluding tert-OH is 2. The number of fused-ring (bicyclic) bond motifs is 3. The molecule has 3 aliphatic carbocycles. The number of hydrogen-bond donors (Lipinski definition) is 7. The van der Waals surface area contributed by atoms with Crippen molar-refractivity contribution in [3.8, 4) is 5.75 Å². The number of aromatic hydroxyl groups is 1. The molecule has 0 spiro atoms. The second-order valence-electron chi connectivity index (χ2n) is 8.50. The van der Waals surface area contributed by atoms with Crippen LogP contribution >= 0.6 is 0 Å². The van der Waals surface area contributed by atoms with E-state index < -0.39 is 58.0 Å². The van der Waals surface area contributed by atoms with Crippen LogP contribution in [0.15, 0.2) is 40.0 Å². The number of ketones is 1. The van der Waals surface area contributed by atoms with Crippen molar-refractivity contribution in [1.82, 2.24) is 0 Å². The van der Waals surface area contributed by atoms with E-state index in [1.54, 1.807) is 25.1 Å². The number of allylic oxidation sites excluding steroid dienone is 2. The van der Waals surface area contributed by atoms with Gasteiger partial charge in [0.15, 0.2) is 11.5 Å². The van der Waals surface area contributed by atoms with Gasteiger partial charge in [-0.25, -0.2) is 0 Å². The second-order valence-corrected chi connectivity index (χ2v) is 8.50. The molecule has 4 rings (SSSR count). The molecular weight excluding hydrogens is 422 g/mol. The summed E-state index contributed by atoms with van der Waals surface area (Å²) in [4.78, 5) is 27.0. The molecule has 0 fully saturated rings. The van der Waals surface area contributed by atoms with E-state index in [4.69, 9.17) is 5.73 Å². The molecule has 3 unspecified atom stereocenters. The summed E-state index contributed by atoms with van der Waals surface area (Å²) < 4.78 is 0. The summed E-state index contributed by atoms with van der Waals surface area (Å²) in [6, 6.07) is 3.02. The van der Waals surface area contributed by atoms with Gasteiger partial charge in [-0.3, -0.25) is 9.59 Å². The Kier molecular flexibility index (Phi) is 4.72. The predicted molar refractivity (Wildman–Crippen MR) is 110 cm³/mol. The first kappa shape index (κ1) is 21.7. The minimum Gasteiger partial charge on any atom is -0.511 e. The van der Waals surface area contributed by atoms with Crippen molar-refractivity contribution in [2.24, 2.45) is 28.6 Å². The van der Waals surface area contributed by atoms with Crippen molar-refractivity contribution in [3.05, 3.63) is 45.9 Å².